The molecule has 1 saturated carbocycles. The molecule has 2 fully saturated rings. The highest BCUT2D eigenvalue weighted by atomic mass is 35.5. The first-order chi connectivity index (χ1) is 8.54. The lowest BCUT2D eigenvalue weighted by atomic mass is 9.90. The van der Waals surface area contributed by atoms with E-state index in [1.165, 1.54) is 6.42 Å². The number of nitrogens with two attached hydrogens (primary N) is 1. The van der Waals surface area contributed by atoms with E-state index < -0.39 is 0 Å². The summed E-state index contributed by atoms with van der Waals surface area (Å²) in [5.74, 6) is 2.30. The molecule has 0 bridgehead atoms. The molecule has 2 N–H and O–H groups in total. The largest absolute Gasteiger partial charge is 0.342 e. The van der Waals surface area contributed by atoms with Crippen molar-refractivity contribution in [3.63, 3.8) is 0 Å². The zero-order chi connectivity index (χ0) is 13.3. The van der Waals surface area contributed by atoms with E-state index in [2.05, 4.69) is 25.7 Å². The van der Waals surface area contributed by atoms with Crippen LogP contribution in [0.15, 0.2) is 0 Å². The minimum atomic E-state index is 0. The second-order valence-electron chi connectivity index (χ2n) is 6.55. The fraction of sp³-hybridized carbons (Fsp3) is 0.933. The molecule has 4 heteroatoms. The maximum atomic E-state index is 12.6. The smallest absolute Gasteiger partial charge is 0.225 e. The van der Waals surface area contributed by atoms with Crippen molar-refractivity contribution in [1.82, 2.24) is 4.90 Å². The van der Waals surface area contributed by atoms with Gasteiger partial charge in [-0.3, -0.25) is 4.79 Å². The van der Waals surface area contributed by atoms with Crippen LogP contribution in [0.25, 0.3) is 0 Å². The van der Waals surface area contributed by atoms with Gasteiger partial charge in [-0.1, -0.05) is 27.2 Å². The van der Waals surface area contributed by atoms with Gasteiger partial charge in [0, 0.05) is 25.0 Å². The van der Waals surface area contributed by atoms with Crippen LogP contribution >= 0.6 is 12.4 Å². The number of halogens is 1. The van der Waals surface area contributed by atoms with Gasteiger partial charge in [-0.25, -0.2) is 0 Å². The number of amides is 1. The summed E-state index contributed by atoms with van der Waals surface area (Å²) in [5.41, 5.74) is 6.14. The van der Waals surface area contributed by atoms with E-state index in [0.717, 1.165) is 32.4 Å². The lowest BCUT2D eigenvalue weighted by molar-refractivity contribution is -0.136. The monoisotopic (exact) mass is 288 g/mol. The van der Waals surface area contributed by atoms with Crippen molar-refractivity contribution >= 4 is 18.3 Å². The number of hydrogen-bond donors (Lipinski definition) is 1. The Kier molecular flexibility index (Phi) is 6.13. The zero-order valence-corrected chi connectivity index (χ0v) is 13.3. The first-order valence-electron chi connectivity index (χ1n) is 7.59. The molecule has 1 heterocycles. The third-order valence-electron chi connectivity index (χ3n) is 4.95. The third kappa shape index (κ3) is 3.43. The minimum Gasteiger partial charge on any atom is -0.342 e. The molecule has 2 rings (SSSR count). The highest BCUT2D eigenvalue weighted by Crippen LogP contribution is 2.38. The molecule has 0 spiro atoms. The molecular formula is C15H29ClN2O. The van der Waals surface area contributed by atoms with E-state index in [-0.39, 0.29) is 18.3 Å². The van der Waals surface area contributed by atoms with Gasteiger partial charge in [0.25, 0.3) is 0 Å². The number of rotatable bonds is 4. The van der Waals surface area contributed by atoms with E-state index >= 15 is 0 Å². The summed E-state index contributed by atoms with van der Waals surface area (Å²) in [6.45, 7) is 8.38. The van der Waals surface area contributed by atoms with Crippen molar-refractivity contribution in [2.75, 3.05) is 13.1 Å². The Labute approximate surface area is 123 Å². The van der Waals surface area contributed by atoms with Gasteiger partial charge in [-0.05, 0) is 37.0 Å². The van der Waals surface area contributed by atoms with Crippen molar-refractivity contribution < 1.29 is 4.79 Å². The zero-order valence-electron chi connectivity index (χ0n) is 12.5. The Morgan fingerprint density at radius 1 is 1.32 bits per heavy atom. The molecule has 3 nitrogen and oxygen atoms in total. The average molecular weight is 289 g/mol. The summed E-state index contributed by atoms with van der Waals surface area (Å²) in [4.78, 5) is 14.7. The number of carbonyl (C=O) groups excluding carboxylic acids is 1. The summed E-state index contributed by atoms with van der Waals surface area (Å²) >= 11 is 0. The molecule has 1 saturated heterocycles. The van der Waals surface area contributed by atoms with E-state index in [1.54, 1.807) is 0 Å². The first-order valence-corrected chi connectivity index (χ1v) is 7.59. The molecule has 0 radical (unpaired) electrons. The molecule has 0 aromatic heterocycles. The third-order valence-corrected chi connectivity index (χ3v) is 4.95. The Morgan fingerprint density at radius 2 is 2.00 bits per heavy atom. The molecule has 1 aliphatic heterocycles. The molecule has 0 aromatic carbocycles. The normalized spacial score (nSPS) is 31.2. The SMILES string of the molecule is CCCC(C(=O)N1CC2CCC(N)C2C1)C(C)C.Cl. The quantitative estimate of drug-likeness (QED) is 0.864. The van der Waals surface area contributed by atoms with E-state index in [0.29, 0.717) is 29.7 Å². The van der Waals surface area contributed by atoms with E-state index in [4.69, 9.17) is 5.73 Å². The summed E-state index contributed by atoms with van der Waals surface area (Å²) in [5, 5.41) is 0. The van der Waals surface area contributed by atoms with Crippen LogP contribution < -0.4 is 5.73 Å². The molecule has 19 heavy (non-hydrogen) atoms. The molecule has 4 unspecified atom stereocenters. The Hall–Kier alpha value is -0.280. The van der Waals surface area contributed by atoms with Crippen LogP contribution in [0.4, 0.5) is 0 Å². The van der Waals surface area contributed by atoms with Gasteiger partial charge in [0.1, 0.15) is 0 Å². The standard InChI is InChI=1S/C15H28N2O.ClH/c1-4-5-12(10(2)3)15(18)17-8-11-6-7-14(16)13(11)9-17;/h10-14H,4-9,16H2,1-3H3;1H. The Balaban J connectivity index is 0.00000180. The van der Waals surface area contributed by atoms with Crippen LogP contribution in [0.5, 0.6) is 0 Å². The summed E-state index contributed by atoms with van der Waals surface area (Å²) in [6, 6.07) is 0.330. The van der Waals surface area contributed by atoms with Gasteiger partial charge in [-0.15, -0.1) is 12.4 Å². The lowest BCUT2D eigenvalue weighted by Gasteiger charge is -2.26. The Bertz CT molecular complexity index is 309. The lowest BCUT2D eigenvalue weighted by Crippen LogP contribution is -2.38. The molecule has 1 amide bonds. The van der Waals surface area contributed by atoms with Crippen molar-refractivity contribution in [1.29, 1.82) is 0 Å². The molecule has 112 valence electrons. The number of fused-ring (bicyclic) bond motifs is 1. The maximum absolute atomic E-state index is 12.6. The van der Waals surface area contributed by atoms with Gasteiger partial charge >= 0.3 is 0 Å². The van der Waals surface area contributed by atoms with Gasteiger partial charge in [0.15, 0.2) is 0 Å². The van der Waals surface area contributed by atoms with Crippen LogP contribution in [0.3, 0.4) is 0 Å². The van der Waals surface area contributed by atoms with Crippen molar-refractivity contribution in [3.8, 4) is 0 Å². The highest BCUT2D eigenvalue weighted by Gasteiger charge is 2.43. The topological polar surface area (TPSA) is 46.3 Å². The predicted molar refractivity (Wildman–Crippen MR) is 81.3 cm³/mol. The molecular weight excluding hydrogens is 260 g/mol. The predicted octanol–water partition coefficient (Wildman–Crippen LogP) is 2.68. The minimum absolute atomic E-state index is 0. The first kappa shape index (κ1) is 16.8. The summed E-state index contributed by atoms with van der Waals surface area (Å²) < 4.78 is 0. The second kappa shape index (κ2) is 6.94. The van der Waals surface area contributed by atoms with Crippen LogP contribution in [0.1, 0.15) is 46.5 Å². The molecule has 1 aliphatic carbocycles. The molecule has 0 aromatic rings. The Morgan fingerprint density at radius 3 is 2.53 bits per heavy atom. The number of carbonyl (C=O) groups is 1. The number of nitrogens with zero attached hydrogens (tertiary/aromatic N) is 1. The average Bonchev–Trinajstić information content (AvgIpc) is 2.88. The van der Waals surface area contributed by atoms with Crippen molar-refractivity contribution in [2.45, 2.75) is 52.5 Å². The molecule has 2 aliphatic rings. The maximum Gasteiger partial charge on any atom is 0.225 e. The van der Waals surface area contributed by atoms with Crippen molar-refractivity contribution in [2.24, 2.45) is 29.4 Å². The van der Waals surface area contributed by atoms with E-state index in [9.17, 15) is 4.79 Å². The fourth-order valence-corrected chi connectivity index (χ4v) is 3.77. The van der Waals surface area contributed by atoms with Gasteiger partial charge < -0.3 is 10.6 Å². The highest BCUT2D eigenvalue weighted by molar-refractivity contribution is 5.85. The van der Waals surface area contributed by atoms with Crippen LogP contribution in [0.2, 0.25) is 0 Å². The summed E-state index contributed by atoms with van der Waals surface area (Å²) in [7, 11) is 0. The molecule has 4 atom stereocenters. The van der Waals surface area contributed by atoms with Gasteiger partial charge in [0.2, 0.25) is 5.91 Å². The van der Waals surface area contributed by atoms with Crippen LogP contribution in [-0.4, -0.2) is 29.9 Å². The van der Waals surface area contributed by atoms with Gasteiger partial charge in [-0.2, -0.15) is 0 Å². The number of hydrogen-bond acceptors (Lipinski definition) is 2. The number of likely N-dealkylation sites (tertiary alicyclic amines) is 1. The second-order valence-corrected chi connectivity index (χ2v) is 6.55. The van der Waals surface area contributed by atoms with E-state index in [1.807, 2.05) is 0 Å². The van der Waals surface area contributed by atoms with Gasteiger partial charge in [0.05, 0.1) is 0 Å². The fourth-order valence-electron chi connectivity index (χ4n) is 3.77. The van der Waals surface area contributed by atoms with Crippen LogP contribution in [-0.2, 0) is 4.79 Å². The van der Waals surface area contributed by atoms with Crippen LogP contribution in [0, 0.1) is 23.7 Å². The summed E-state index contributed by atoms with van der Waals surface area (Å²) in [6.07, 6.45) is 4.48. The van der Waals surface area contributed by atoms with Crippen molar-refractivity contribution in [3.05, 3.63) is 0 Å².